The van der Waals surface area contributed by atoms with E-state index in [0.717, 1.165) is 28.6 Å². The maximum Gasteiger partial charge on any atom is 0.573 e. The van der Waals surface area contributed by atoms with Gasteiger partial charge in [-0.25, -0.2) is 8.42 Å². The van der Waals surface area contributed by atoms with Gasteiger partial charge in [0.1, 0.15) is 5.75 Å². The van der Waals surface area contributed by atoms with Crippen LogP contribution in [-0.4, -0.2) is 27.2 Å². The number of ether oxygens (including phenoxy) is 1. The first-order valence-electron chi connectivity index (χ1n) is 7.31. The number of halogens is 3. The maximum absolute atomic E-state index is 12.9. The molecule has 0 fully saturated rings. The van der Waals surface area contributed by atoms with Crippen LogP contribution in [0.5, 0.6) is 5.75 Å². The molecule has 26 heavy (non-hydrogen) atoms. The Morgan fingerprint density at radius 2 is 1.73 bits per heavy atom. The molecule has 0 unspecified atom stereocenters. The molecule has 0 aliphatic rings. The lowest BCUT2D eigenvalue weighted by Gasteiger charge is -2.24. The Balaban J connectivity index is 2.43. The number of rotatable bonds is 7. The molecule has 0 heterocycles. The SMILES string of the molecule is NC(=O)CCN(c1ccccc1)S(=O)(=O)c1cccc(OC(F)(F)F)c1. The van der Waals surface area contributed by atoms with E-state index in [-0.39, 0.29) is 18.7 Å². The zero-order valence-electron chi connectivity index (χ0n) is 13.3. The van der Waals surface area contributed by atoms with Crippen molar-refractivity contribution in [3.8, 4) is 5.75 Å². The molecule has 6 nitrogen and oxygen atoms in total. The van der Waals surface area contributed by atoms with Gasteiger partial charge in [-0.05, 0) is 24.3 Å². The number of nitrogens with zero attached hydrogens (tertiary/aromatic N) is 1. The predicted octanol–water partition coefficient (Wildman–Crippen LogP) is 2.66. The minimum Gasteiger partial charge on any atom is -0.406 e. The van der Waals surface area contributed by atoms with Gasteiger partial charge in [-0.3, -0.25) is 9.10 Å². The molecular formula is C16H15F3N2O4S. The van der Waals surface area contributed by atoms with Crippen LogP contribution < -0.4 is 14.8 Å². The van der Waals surface area contributed by atoms with Gasteiger partial charge >= 0.3 is 6.36 Å². The monoisotopic (exact) mass is 388 g/mol. The molecule has 2 rings (SSSR count). The van der Waals surface area contributed by atoms with E-state index < -0.39 is 32.9 Å². The number of hydrogen-bond donors (Lipinski definition) is 1. The minimum absolute atomic E-state index is 0.246. The molecular weight excluding hydrogens is 373 g/mol. The van der Waals surface area contributed by atoms with Crippen LogP contribution in [0.1, 0.15) is 6.42 Å². The zero-order chi connectivity index (χ0) is 19.4. The fraction of sp³-hybridized carbons (Fsp3) is 0.188. The van der Waals surface area contributed by atoms with Crippen molar-refractivity contribution in [2.24, 2.45) is 5.73 Å². The standard InChI is InChI=1S/C16H15F3N2O4S/c17-16(18,19)25-13-7-4-8-14(11-13)26(23,24)21(10-9-15(20)22)12-5-2-1-3-6-12/h1-8,11H,9-10H2,(H2,20,22). The summed E-state index contributed by atoms with van der Waals surface area (Å²) in [5, 5.41) is 0. The molecule has 0 saturated carbocycles. The number of carbonyl (C=O) groups is 1. The van der Waals surface area contributed by atoms with Crippen molar-refractivity contribution in [2.75, 3.05) is 10.8 Å². The molecule has 2 aromatic rings. The molecule has 2 aromatic carbocycles. The van der Waals surface area contributed by atoms with E-state index in [9.17, 15) is 26.4 Å². The maximum atomic E-state index is 12.9. The van der Waals surface area contributed by atoms with Gasteiger partial charge in [0.05, 0.1) is 10.6 Å². The van der Waals surface area contributed by atoms with Crippen molar-refractivity contribution in [1.29, 1.82) is 0 Å². The second-order valence-corrected chi connectivity index (χ2v) is 7.01. The molecule has 0 spiro atoms. The number of hydrogen-bond acceptors (Lipinski definition) is 4. The molecule has 0 atom stereocenters. The van der Waals surface area contributed by atoms with Crippen LogP contribution >= 0.6 is 0 Å². The van der Waals surface area contributed by atoms with Crippen molar-refractivity contribution in [3.05, 3.63) is 54.6 Å². The summed E-state index contributed by atoms with van der Waals surface area (Å²) in [6.07, 6.45) is -5.21. The molecule has 1 amide bonds. The average Bonchev–Trinajstić information content (AvgIpc) is 2.54. The summed E-state index contributed by atoms with van der Waals surface area (Å²) in [7, 11) is -4.25. The number of sulfonamides is 1. The van der Waals surface area contributed by atoms with E-state index in [0.29, 0.717) is 0 Å². The smallest absolute Gasteiger partial charge is 0.406 e. The van der Waals surface area contributed by atoms with Crippen molar-refractivity contribution in [3.63, 3.8) is 0 Å². The lowest BCUT2D eigenvalue weighted by molar-refractivity contribution is -0.274. The van der Waals surface area contributed by atoms with Gasteiger partial charge in [0.2, 0.25) is 5.91 Å². The molecule has 0 aliphatic heterocycles. The molecule has 10 heteroatoms. The van der Waals surface area contributed by atoms with Crippen molar-refractivity contribution in [1.82, 2.24) is 0 Å². The van der Waals surface area contributed by atoms with Gasteiger partial charge in [0.25, 0.3) is 10.0 Å². The summed E-state index contributed by atoms with van der Waals surface area (Å²) in [5.74, 6) is -1.38. The first-order valence-corrected chi connectivity index (χ1v) is 8.75. The fourth-order valence-corrected chi connectivity index (χ4v) is 3.65. The summed E-state index contributed by atoms with van der Waals surface area (Å²) >= 11 is 0. The van der Waals surface area contributed by atoms with Crippen LogP contribution in [0, 0.1) is 0 Å². The topological polar surface area (TPSA) is 89.7 Å². The van der Waals surface area contributed by atoms with Crippen LogP contribution in [0.25, 0.3) is 0 Å². The van der Waals surface area contributed by atoms with Crippen molar-refractivity contribution in [2.45, 2.75) is 17.7 Å². The summed E-state index contributed by atoms with van der Waals surface area (Å²) in [4.78, 5) is 10.7. The van der Waals surface area contributed by atoms with Gasteiger partial charge in [-0.15, -0.1) is 13.2 Å². The van der Waals surface area contributed by atoms with E-state index in [1.165, 1.54) is 12.1 Å². The van der Waals surface area contributed by atoms with Gasteiger partial charge < -0.3 is 10.5 Å². The highest BCUT2D eigenvalue weighted by atomic mass is 32.2. The molecule has 0 saturated heterocycles. The van der Waals surface area contributed by atoms with Crippen LogP contribution in [0.4, 0.5) is 18.9 Å². The van der Waals surface area contributed by atoms with E-state index in [4.69, 9.17) is 5.73 Å². The Hall–Kier alpha value is -2.75. The first-order chi connectivity index (χ1) is 12.1. The summed E-state index contributed by atoms with van der Waals surface area (Å²) in [6, 6.07) is 11.9. The van der Waals surface area contributed by atoms with Crippen molar-refractivity contribution >= 4 is 21.6 Å². The second kappa shape index (κ2) is 7.65. The Morgan fingerprint density at radius 3 is 2.31 bits per heavy atom. The van der Waals surface area contributed by atoms with Gasteiger partial charge in [0.15, 0.2) is 0 Å². The van der Waals surface area contributed by atoms with Gasteiger partial charge in [-0.1, -0.05) is 24.3 Å². The Bertz CT molecular complexity index is 871. The second-order valence-electron chi connectivity index (χ2n) is 5.15. The molecule has 0 bridgehead atoms. The number of benzene rings is 2. The third kappa shape index (κ3) is 5.12. The van der Waals surface area contributed by atoms with Crippen LogP contribution in [0.2, 0.25) is 0 Å². The number of para-hydroxylation sites is 1. The van der Waals surface area contributed by atoms with E-state index >= 15 is 0 Å². The summed E-state index contributed by atoms with van der Waals surface area (Å²) in [5.41, 5.74) is 5.34. The van der Waals surface area contributed by atoms with Crippen LogP contribution in [0.3, 0.4) is 0 Å². The lowest BCUT2D eigenvalue weighted by atomic mass is 10.3. The highest BCUT2D eigenvalue weighted by molar-refractivity contribution is 7.92. The highest BCUT2D eigenvalue weighted by Crippen LogP contribution is 2.28. The number of anilines is 1. The Labute approximate surface area is 148 Å². The number of nitrogens with two attached hydrogens (primary N) is 1. The quantitative estimate of drug-likeness (QED) is 0.790. The Kier molecular flexibility index (Phi) is 5.76. The molecule has 0 aromatic heterocycles. The average molecular weight is 388 g/mol. The third-order valence-electron chi connectivity index (χ3n) is 3.23. The first kappa shape index (κ1) is 19.6. The molecule has 0 aliphatic carbocycles. The van der Waals surface area contributed by atoms with Crippen molar-refractivity contribution < 1.29 is 31.1 Å². The van der Waals surface area contributed by atoms with E-state index in [1.807, 2.05) is 0 Å². The van der Waals surface area contributed by atoms with E-state index in [2.05, 4.69) is 4.74 Å². The van der Waals surface area contributed by atoms with Gasteiger partial charge in [-0.2, -0.15) is 0 Å². The zero-order valence-corrected chi connectivity index (χ0v) is 14.1. The fourth-order valence-electron chi connectivity index (χ4n) is 2.15. The van der Waals surface area contributed by atoms with E-state index in [1.54, 1.807) is 18.2 Å². The summed E-state index contributed by atoms with van der Waals surface area (Å²) in [6.45, 7) is -0.258. The molecule has 0 radical (unpaired) electrons. The lowest BCUT2D eigenvalue weighted by Crippen LogP contribution is -2.34. The number of carbonyl (C=O) groups excluding carboxylic acids is 1. The summed E-state index contributed by atoms with van der Waals surface area (Å²) < 4.78 is 67.6. The number of alkyl halides is 3. The highest BCUT2D eigenvalue weighted by Gasteiger charge is 2.32. The Morgan fingerprint density at radius 1 is 1.08 bits per heavy atom. The minimum atomic E-state index is -4.95. The van der Waals surface area contributed by atoms with Crippen LogP contribution in [-0.2, 0) is 14.8 Å². The third-order valence-corrected chi connectivity index (χ3v) is 5.06. The van der Waals surface area contributed by atoms with Gasteiger partial charge in [0, 0.05) is 19.0 Å². The normalized spacial score (nSPS) is 11.8. The number of primary amides is 1. The molecule has 2 N–H and O–H groups in total. The molecule has 140 valence electrons. The van der Waals surface area contributed by atoms with Crippen LogP contribution in [0.15, 0.2) is 59.5 Å². The predicted molar refractivity (Wildman–Crippen MR) is 87.9 cm³/mol. The largest absolute Gasteiger partial charge is 0.573 e. The number of amides is 1.